The number of rotatable bonds is 5. The van der Waals surface area contributed by atoms with Crippen molar-refractivity contribution in [2.75, 3.05) is 23.5 Å². The van der Waals surface area contributed by atoms with E-state index in [1.165, 1.54) is 11.8 Å². The van der Waals surface area contributed by atoms with Gasteiger partial charge in [-0.3, -0.25) is 9.59 Å². The minimum absolute atomic E-state index is 0.0378. The summed E-state index contributed by atoms with van der Waals surface area (Å²) in [6.07, 6.45) is 1.55. The Morgan fingerprint density at radius 2 is 2.12 bits per heavy atom. The van der Waals surface area contributed by atoms with Gasteiger partial charge in [-0.1, -0.05) is 24.3 Å². The Bertz CT molecular complexity index is 779. The lowest BCUT2D eigenvalue weighted by Gasteiger charge is -2.13. The molecule has 0 saturated heterocycles. The number of fused-ring (bicyclic) bond motifs is 1. The molecule has 0 fully saturated rings. The van der Waals surface area contributed by atoms with Crippen LogP contribution in [0.15, 0.2) is 48.5 Å². The summed E-state index contributed by atoms with van der Waals surface area (Å²) < 4.78 is 5.14. The zero-order chi connectivity index (χ0) is 17.6. The minimum atomic E-state index is -0.233. The van der Waals surface area contributed by atoms with Crippen LogP contribution < -0.4 is 15.4 Å². The van der Waals surface area contributed by atoms with Gasteiger partial charge in [0, 0.05) is 17.4 Å². The van der Waals surface area contributed by atoms with Crippen LogP contribution in [0.3, 0.4) is 0 Å². The quantitative estimate of drug-likeness (QED) is 0.862. The smallest absolute Gasteiger partial charge is 0.237 e. The number of amides is 2. The van der Waals surface area contributed by atoms with E-state index in [0.717, 1.165) is 24.1 Å². The van der Waals surface area contributed by atoms with Crippen LogP contribution in [0.5, 0.6) is 5.75 Å². The number of nitrogens with one attached hydrogen (secondary N) is 2. The Hall–Kier alpha value is -2.47. The zero-order valence-electron chi connectivity index (χ0n) is 14.0. The van der Waals surface area contributed by atoms with E-state index in [1.54, 1.807) is 19.2 Å². The predicted octanol–water partition coefficient (Wildman–Crippen LogP) is 3.32. The maximum atomic E-state index is 12.4. The minimum Gasteiger partial charge on any atom is -0.497 e. The van der Waals surface area contributed by atoms with Gasteiger partial charge in [0.1, 0.15) is 5.75 Å². The second-order valence-corrected chi connectivity index (χ2v) is 6.96. The van der Waals surface area contributed by atoms with Crippen molar-refractivity contribution in [3.8, 4) is 5.75 Å². The fourth-order valence-corrected chi connectivity index (χ4v) is 3.64. The van der Waals surface area contributed by atoms with Crippen molar-refractivity contribution < 1.29 is 14.3 Å². The fraction of sp³-hybridized carbons (Fsp3) is 0.263. The normalized spacial score (nSPS) is 16.4. The second kappa shape index (κ2) is 8.07. The number of anilines is 2. The number of carbonyl (C=O) groups is 2. The van der Waals surface area contributed by atoms with Crippen LogP contribution >= 0.6 is 11.8 Å². The number of methoxy groups -OCH3 is 1. The van der Waals surface area contributed by atoms with Gasteiger partial charge in [-0.05, 0) is 36.6 Å². The van der Waals surface area contributed by atoms with Gasteiger partial charge >= 0.3 is 0 Å². The summed E-state index contributed by atoms with van der Waals surface area (Å²) in [5, 5.41) is 5.55. The Morgan fingerprint density at radius 3 is 2.96 bits per heavy atom. The molecule has 1 heterocycles. The van der Waals surface area contributed by atoms with Gasteiger partial charge < -0.3 is 15.4 Å². The largest absolute Gasteiger partial charge is 0.497 e. The summed E-state index contributed by atoms with van der Waals surface area (Å²) in [7, 11) is 1.58. The molecule has 2 aromatic rings. The van der Waals surface area contributed by atoms with Crippen molar-refractivity contribution >= 4 is 35.0 Å². The van der Waals surface area contributed by atoms with Crippen LogP contribution in [0.1, 0.15) is 12.0 Å². The predicted molar refractivity (Wildman–Crippen MR) is 101 cm³/mol. The van der Waals surface area contributed by atoms with Crippen LogP contribution in [-0.2, 0) is 16.0 Å². The van der Waals surface area contributed by atoms with Crippen molar-refractivity contribution in [2.45, 2.75) is 18.1 Å². The number of benzene rings is 2. The van der Waals surface area contributed by atoms with Gasteiger partial charge in [-0.2, -0.15) is 0 Å². The van der Waals surface area contributed by atoms with E-state index in [0.29, 0.717) is 11.4 Å². The van der Waals surface area contributed by atoms with Crippen LogP contribution in [-0.4, -0.2) is 29.9 Å². The molecule has 2 aromatic carbocycles. The van der Waals surface area contributed by atoms with Gasteiger partial charge in [0.05, 0.1) is 18.1 Å². The monoisotopic (exact) mass is 356 g/mol. The number of thioether (sulfide) groups is 1. The third-order valence-corrected chi connectivity index (χ3v) is 5.29. The lowest BCUT2D eigenvalue weighted by Crippen LogP contribution is -2.26. The summed E-state index contributed by atoms with van der Waals surface area (Å²) in [6, 6.07) is 15.0. The molecule has 2 N–H and O–H groups in total. The molecular weight excluding hydrogens is 336 g/mol. The molecule has 1 aliphatic rings. The highest BCUT2D eigenvalue weighted by Crippen LogP contribution is 2.27. The van der Waals surface area contributed by atoms with Crippen molar-refractivity contribution in [2.24, 2.45) is 0 Å². The zero-order valence-corrected chi connectivity index (χ0v) is 14.8. The lowest BCUT2D eigenvalue weighted by atomic mass is 10.1. The highest BCUT2D eigenvalue weighted by Gasteiger charge is 2.24. The standard InChI is InChI=1S/C19H20N2O3S/c1-24-15-7-4-6-14(11-15)20-18(22)12-25-17-10-9-13-5-2-3-8-16(13)21-19(17)23/h2-8,11,17H,9-10,12H2,1H3,(H,20,22)(H,21,23)/t17-/m0/s1. The summed E-state index contributed by atoms with van der Waals surface area (Å²) >= 11 is 1.37. The summed E-state index contributed by atoms with van der Waals surface area (Å²) in [5.41, 5.74) is 2.69. The number of ether oxygens (including phenoxy) is 1. The molecule has 6 heteroatoms. The van der Waals surface area contributed by atoms with Crippen LogP contribution in [0.25, 0.3) is 0 Å². The Balaban J connectivity index is 1.54. The van der Waals surface area contributed by atoms with E-state index in [1.807, 2.05) is 36.4 Å². The summed E-state index contributed by atoms with van der Waals surface area (Å²) in [4.78, 5) is 24.5. The van der Waals surface area contributed by atoms with Crippen molar-refractivity contribution in [3.63, 3.8) is 0 Å². The maximum absolute atomic E-state index is 12.4. The molecular formula is C19H20N2O3S. The van der Waals surface area contributed by atoms with Crippen LogP contribution in [0, 0.1) is 0 Å². The SMILES string of the molecule is COc1cccc(NC(=O)CS[C@H]2CCc3ccccc3NC2=O)c1. The molecule has 0 spiro atoms. The van der Waals surface area contributed by atoms with E-state index in [4.69, 9.17) is 4.74 Å². The molecule has 0 aromatic heterocycles. The molecule has 2 amide bonds. The first-order valence-corrected chi connectivity index (χ1v) is 9.15. The number of para-hydroxylation sites is 1. The molecule has 0 radical (unpaired) electrons. The molecule has 0 bridgehead atoms. The third kappa shape index (κ3) is 4.54. The van der Waals surface area contributed by atoms with Gasteiger partial charge in [-0.25, -0.2) is 0 Å². The van der Waals surface area contributed by atoms with Gasteiger partial charge in [0.2, 0.25) is 11.8 Å². The van der Waals surface area contributed by atoms with E-state index in [9.17, 15) is 9.59 Å². The Morgan fingerprint density at radius 1 is 1.28 bits per heavy atom. The number of carbonyl (C=O) groups excluding carboxylic acids is 2. The van der Waals surface area contributed by atoms with Crippen LogP contribution in [0.2, 0.25) is 0 Å². The maximum Gasteiger partial charge on any atom is 0.237 e. The molecule has 0 saturated carbocycles. The van der Waals surface area contributed by atoms with E-state index >= 15 is 0 Å². The van der Waals surface area contributed by atoms with Crippen molar-refractivity contribution in [3.05, 3.63) is 54.1 Å². The summed E-state index contributed by atoms with van der Waals surface area (Å²) in [5.74, 6) is 0.745. The van der Waals surface area contributed by atoms with Crippen molar-refractivity contribution in [1.82, 2.24) is 0 Å². The first kappa shape index (κ1) is 17.4. The topological polar surface area (TPSA) is 67.4 Å². The van der Waals surface area contributed by atoms with Crippen LogP contribution in [0.4, 0.5) is 11.4 Å². The number of hydrogen-bond acceptors (Lipinski definition) is 4. The molecule has 25 heavy (non-hydrogen) atoms. The van der Waals surface area contributed by atoms with Crippen molar-refractivity contribution in [1.29, 1.82) is 0 Å². The van der Waals surface area contributed by atoms with E-state index < -0.39 is 0 Å². The highest BCUT2D eigenvalue weighted by atomic mass is 32.2. The molecule has 130 valence electrons. The van der Waals surface area contributed by atoms with Gasteiger partial charge in [-0.15, -0.1) is 11.8 Å². The lowest BCUT2D eigenvalue weighted by molar-refractivity contribution is -0.115. The number of hydrogen-bond donors (Lipinski definition) is 2. The van der Waals surface area contributed by atoms with E-state index in [2.05, 4.69) is 10.6 Å². The molecule has 1 atom stereocenters. The average Bonchev–Trinajstić information content (AvgIpc) is 2.78. The third-order valence-electron chi connectivity index (χ3n) is 4.01. The molecule has 0 aliphatic carbocycles. The Kier molecular flexibility index (Phi) is 5.60. The highest BCUT2D eigenvalue weighted by molar-refractivity contribution is 8.01. The average molecular weight is 356 g/mol. The van der Waals surface area contributed by atoms with E-state index in [-0.39, 0.29) is 22.8 Å². The molecule has 0 unspecified atom stereocenters. The fourth-order valence-electron chi connectivity index (χ4n) is 2.72. The van der Waals surface area contributed by atoms with Gasteiger partial charge in [0.25, 0.3) is 0 Å². The first-order valence-electron chi connectivity index (χ1n) is 8.10. The molecule has 5 nitrogen and oxygen atoms in total. The second-order valence-electron chi connectivity index (χ2n) is 5.76. The summed E-state index contributed by atoms with van der Waals surface area (Å²) in [6.45, 7) is 0. The Labute approximate surface area is 151 Å². The molecule has 3 rings (SSSR count). The number of aryl methyl sites for hydroxylation is 1. The first-order chi connectivity index (χ1) is 12.2. The van der Waals surface area contributed by atoms with Gasteiger partial charge in [0.15, 0.2) is 0 Å². The molecule has 1 aliphatic heterocycles.